The molecule has 0 amide bonds. The van der Waals surface area contributed by atoms with E-state index in [1.54, 1.807) is 6.20 Å². The highest BCUT2D eigenvalue weighted by Crippen LogP contribution is 2.26. The molecule has 94 valence electrons. The summed E-state index contributed by atoms with van der Waals surface area (Å²) in [6.07, 6.45) is 1.80. The predicted molar refractivity (Wildman–Crippen MR) is 80.6 cm³/mol. The molecule has 0 unspecified atom stereocenters. The zero-order valence-corrected chi connectivity index (χ0v) is 10.7. The minimum absolute atomic E-state index is 0.743. The molecule has 1 aromatic heterocycles. The van der Waals surface area contributed by atoms with Gasteiger partial charge in [-0.1, -0.05) is 12.1 Å². The Morgan fingerprint density at radius 2 is 1.95 bits per heavy atom. The van der Waals surface area contributed by atoms with Gasteiger partial charge >= 0.3 is 0 Å². The van der Waals surface area contributed by atoms with Crippen LogP contribution in [0.4, 0.5) is 17.1 Å². The Kier molecular flexibility index (Phi) is 2.80. The molecule has 3 rings (SSSR count). The summed E-state index contributed by atoms with van der Waals surface area (Å²) >= 11 is 0. The van der Waals surface area contributed by atoms with E-state index in [0.717, 1.165) is 28.0 Å². The van der Waals surface area contributed by atoms with E-state index in [2.05, 4.69) is 29.4 Å². The maximum absolute atomic E-state index is 5.85. The summed E-state index contributed by atoms with van der Waals surface area (Å²) < 4.78 is 0. The third kappa shape index (κ3) is 2.36. The van der Waals surface area contributed by atoms with E-state index in [0.29, 0.717) is 0 Å². The first-order valence-corrected chi connectivity index (χ1v) is 6.20. The number of pyridine rings is 1. The van der Waals surface area contributed by atoms with Gasteiger partial charge in [-0.25, -0.2) is 0 Å². The summed E-state index contributed by atoms with van der Waals surface area (Å²) in [6, 6.07) is 16.0. The van der Waals surface area contributed by atoms with Crippen molar-refractivity contribution in [3.05, 3.63) is 60.3 Å². The smallest absolute Gasteiger partial charge is 0.0724 e. The summed E-state index contributed by atoms with van der Waals surface area (Å²) in [5, 5.41) is 4.45. The van der Waals surface area contributed by atoms with Gasteiger partial charge in [-0.2, -0.15) is 0 Å². The minimum atomic E-state index is 0.743. The highest BCUT2D eigenvalue weighted by atomic mass is 14.9. The van der Waals surface area contributed by atoms with Crippen LogP contribution in [-0.4, -0.2) is 4.98 Å². The first kappa shape index (κ1) is 11.5. The molecule has 0 atom stereocenters. The number of aromatic nitrogens is 1. The average Bonchev–Trinajstić information content (AvgIpc) is 2.39. The molecule has 0 aliphatic carbocycles. The van der Waals surface area contributed by atoms with Crippen LogP contribution in [0.5, 0.6) is 0 Å². The van der Waals surface area contributed by atoms with Crippen molar-refractivity contribution in [1.82, 2.24) is 4.98 Å². The van der Waals surface area contributed by atoms with Crippen molar-refractivity contribution in [3.63, 3.8) is 0 Å². The zero-order chi connectivity index (χ0) is 13.2. The Morgan fingerprint density at radius 1 is 1.05 bits per heavy atom. The predicted octanol–water partition coefficient (Wildman–Crippen LogP) is 3.87. The Morgan fingerprint density at radius 3 is 2.79 bits per heavy atom. The largest absolute Gasteiger partial charge is 0.399 e. The highest BCUT2D eigenvalue weighted by Gasteiger charge is 2.03. The third-order valence-electron chi connectivity index (χ3n) is 3.06. The molecule has 0 aliphatic rings. The Bertz CT molecular complexity index is 735. The fraction of sp³-hybridized carbons (Fsp3) is 0.0625. The topological polar surface area (TPSA) is 50.9 Å². The fourth-order valence-electron chi connectivity index (χ4n) is 2.15. The van der Waals surface area contributed by atoms with Crippen molar-refractivity contribution in [2.75, 3.05) is 11.1 Å². The minimum Gasteiger partial charge on any atom is -0.399 e. The quantitative estimate of drug-likeness (QED) is 0.678. The van der Waals surface area contributed by atoms with Crippen LogP contribution in [0.15, 0.2) is 54.7 Å². The van der Waals surface area contributed by atoms with Gasteiger partial charge in [-0.3, -0.25) is 4.98 Å². The fourth-order valence-corrected chi connectivity index (χ4v) is 2.15. The van der Waals surface area contributed by atoms with Gasteiger partial charge in [0.05, 0.1) is 5.52 Å². The normalized spacial score (nSPS) is 10.6. The lowest BCUT2D eigenvalue weighted by molar-refractivity contribution is 1.40. The van der Waals surface area contributed by atoms with Gasteiger partial charge in [0.15, 0.2) is 0 Å². The lowest BCUT2D eigenvalue weighted by Gasteiger charge is -2.10. The second-order valence-corrected chi connectivity index (χ2v) is 4.63. The lowest BCUT2D eigenvalue weighted by Crippen LogP contribution is -1.94. The van der Waals surface area contributed by atoms with Crippen molar-refractivity contribution < 1.29 is 0 Å². The number of anilines is 3. The van der Waals surface area contributed by atoms with Crippen molar-refractivity contribution in [2.45, 2.75) is 6.92 Å². The molecule has 0 bridgehead atoms. The van der Waals surface area contributed by atoms with Gasteiger partial charge in [-0.05, 0) is 48.9 Å². The standard InChI is InChI=1S/C16H15N3/c1-11-3-2-4-13(9-11)19-16-7-8-18-15-6-5-12(17)10-14(15)16/h2-10H,17H2,1H3,(H,18,19). The Labute approximate surface area is 112 Å². The lowest BCUT2D eigenvalue weighted by atomic mass is 10.1. The zero-order valence-electron chi connectivity index (χ0n) is 10.7. The second kappa shape index (κ2) is 4.61. The molecule has 0 saturated carbocycles. The maximum Gasteiger partial charge on any atom is 0.0724 e. The molecule has 0 aliphatic heterocycles. The molecule has 3 heteroatoms. The first-order valence-electron chi connectivity index (χ1n) is 6.20. The summed E-state index contributed by atoms with van der Waals surface area (Å²) in [5.74, 6) is 0. The number of hydrogen-bond donors (Lipinski definition) is 2. The van der Waals surface area contributed by atoms with Crippen molar-refractivity contribution in [3.8, 4) is 0 Å². The Hall–Kier alpha value is -2.55. The summed E-state index contributed by atoms with van der Waals surface area (Å²) in [4.78, 5) is 4.35. The molecule has 3 N–H and O–H groups in total. The molecule has 3 nitrogen and oxygen atoms in total. The monoisotopic (exact) mass is 249 g/mol. The second-order valence-electron chi connectivity index (χ2n) is 4.63. The number of rotatable bonds is 2. The molecule has 0 radical (unpaired) electrons. The number of aryl methyl sites for hydroxylation is 1. The van der Waals surface area contributed by atoms with Gasteiger partial charge in [0.25, 0.3) is 0 Å². The number of benzene rings is 2. The van der Waals surface area contributed by atoms with Crippen LogP contribution in [0.3, 0.4) is 0 Å². The SMILES string of the molecule is Cc1cccc(Nc2ccnc3ccc(N)cc23)c1. The van der Waals surface area contributed by atoms with Gasteiger partial charge < -0.3 is 11.1 Å². The molecular formula is C16H15N3. The van der Waals surface area contributed by atoms with E-state index in [4.69, 9.17) is 5.73 Å². The molecule has 2 aromatic carbocycles. The molecule has 0 spiro atoms. The van der Waals surface area contributed by atoms with Crippen LogP contribution in [0, 0.1) is 6.92 Å². The van der Waals surface area contributed by atoms with Gasteiger partial charge in [-0.15, -0.1) is 0 Å². The summed E-state index contributed by atoms with van der Waals surface area (Å²) in [5.41, 5.74) is 10.8. The number of nitrogens with one attached hydrogen (secondary N) is 1. The molecular weight excluding hydrogens is 234 g/mol. The van der Waals surface area contributed by atoms with Crippen LogP contribution >= 0.6 is 0 Å². The van der Waals surface area contributed by atoms with E-state index in [9.17, 15) is 0 Å². The van der Waals surface area contributed by atoms with Crippen LogP contribution < -0.4 is 11.1 Å². The van der Waals surface area contributed by atoms with Crippen molar-refractivity contribution in [1.29, 1.82) is 0 Å². The van der Waals surface area contributed by atoms with Crippen LogP contribution in [-0.2, 0) is 0 Å². The number of nitrogens with two attached hydrogens (primary N) is 1. The van der Waals surface area contributed by atoms with Crippen molar-refractivity contribution >= 4 is 28.0 Å². The van der Waals surface area contributed by atoms with E-state index < -0.39 is 0 Å². The van der Waals surface area contributed by atoms with Crippen molar-refractivity contribution in [2.24, 2.45) is 0 Å². The van der Waals surface area contributed by atoms with Gasteiger partial charge in [0, 0.05) is 28.6 Å². The molecule has 19 heavy (non-hydrogen) atoms. The Balaban J connectivity index is 2.07. The molecule has 3 aromatic rings. The third-order valence-corrected chi connectivity index (χ3v) is 3.06. The number of nitrogens with zero attached hydrogens (tertiary/aromatic N) is 1. The van der Waals surface area contributed by atoms with E-state index in [1.165, 1.54) is 5.56 Å². The average molecular weight is 249 g/mol. The number of nitrogen functional groups attached to an aromatic ring is 1. The molecule has 1 heterocycles. The number of fused-ring (bicyclic) bond motifs is 1. The van der Waals surface area contributed by atoms with Gasteiger partial charge in [0.1, 0.15) is 0 Å². The van der Waals surface area contributed by atoms with E-state index >= 15 is 0 Å². The van der Waals surface area contributed by atoms with E-state index in [-0.39, 0.29) is 0 Å². The summed E-state index contributed by atoms with van der Waals surface area (Å²) in [6.45, 7) is 2.08. The molecule has 0 saturated heterocycles. The molecule has 0 fully saturated rings. The first-order chi connectivity index (χ1) is 9.22. The highest BCUT2D eigenvalue weighted by molar-refractivity contribution is 5.94. The maximum atomic E-state index is 5.85. The van der Waals surface area contributed by atoms with Crippen LogP contribution in [0.1, 0.15) is 5.56 Å². The van der Waals surface area contributed by atoms with Crippen LogP contribution in [0.25, 0.3) is 10.9 Å². The van der Waals surface area contributed by atoms with E-state index in [1.807, 2.05) is 36.4 Å². The summed E-state index contributed by atoms with van der Waals surface area (Å²) in [7, 11) is 0. The number of hydrogen-bond acceptors (Lipinski definition) is 3. The van der Waals surface area contributed by atoms with Crippen LogP contribution in [0.2, 0.25) is 0 Å². The van der Waals surface area contributed by atoms with Gasteiger partial charge in [0.2, 0.25) is 0 Å².